The van der Waals surface area contributed by atoms with Gasteiger partial charge >= 0.3 is 5.97 Å². The first kappa shape index (κ1) is 23.8. The van der Waals surface area contributed by atoms with E-state index in [9.17, 15) is 9.90 Å². The second-order valence-corrected chi connectivity index (χ2v) is 12.7. The van der Waals surface area contributed by atoms with Crippen molar-refractivity contribution in [2.45, 2.75) is 89.8 Å². The number of carbonyl (C=O) groups is 1. The first-order valence-corrected chi connectivity index (χ1v) is 13.5. The summed E-state index contributed by atoms with van der Waals surface area (Å²) in [5, 5.41) is 12.3. The van der Waals surface area contributed by atoms with Crippen LogP contribution in [0, 0.1) is 34.5 Å². The molecule has 0 unspecified atom stereocenters. The van der Waals surface area contributed by atoms with Crippen molar-refractivity contribution >= 4 is 5.97 Å². The van der Waals surface area contributed by atoms with E-state index in [0.29, 0.717) is 30.0 Å². The van der Waals surface area contributed by atoms with Gasteiger partial charge in [0.1, 0.15) is 6.61 Å². The summed E-state index contributed by atoms with van der Waals surface area (Å²) >= 11 is 0. The van der Waals surface area contributed by atoms with E-state index >= 15 is 0 Å². The van der Waals surface area contributed by atoms with Crippen molar-refractivity contribution in [1.29, 1.82) is 0 Å². The van der Waals surface area contributed by atoms with E-state index in [1.165, 1.54) is 32.1 Å². The molecule has 5 heteroatoms. The van der Waals surface area contributed by atoms with Crippen LogP contribution in [0.4, 0.5) is 0 Å². The van der Waals surface area contributed by atoms with Crippen molar-refractivity contribution in [3.05, 3.63) is 11.6 Å². The van der Waals surface area contributed by atoms with Gasteiger partial charge < -0.3 is 19.5 Å². The molecule has 4 fully saturated rings. The summed E-state index contributed by atoms with van der Waals surface area (Å²) in [6.07, 6.45) is 13.4. The summed E-state index contributed by atoms with van der Waals surface area (Å²) in [6.45, 7) is 7.25. The molecule has 5 aliphatic rings. The number of rotatable bonds is 6. The average molecular weight is 460 g/mol. The van der Waals surface area contributed by atoms with Crippen molar-refractivity contribution < 1.29 is 19.4 Å². The zero-order chi connectivity index (χ0) is 23.4. The quantitative estimate of drug-likeness (QED) is 0.465. The van der Waals surface area contributed by atoms with Crippen molar-refractivity contribution in [2.24, 2.45) is 34.5 Å². The van der Waals surface area contributed by atoms with Gasteiger partial charge in [0.2, 0.25) is 0 Å². The Balaban J connectivity index is 1.28. The molecule has 0 saturated heterocycles. The second-order valence-electron chi connectivity index (χ2n) is 12.7. The van der Waals surface area contributed by atoms with Crippen LogP contribution in [0.2, 0.25) is 0 Å². The molecule has 0 radical (unpaired) electrons. The molecule has 0 amide bonds. The maximum atomic E-state index is 12.3. The van der Waals surface area contributed by atoms with Gasteiger partial charge in [0.05, 0.1) is 11.7 Å². The molecule has 1 aliphatic heterocycles. The average Bonchev–Trinajstić information content (AvgIpc) is 3.31. The first-order valence-electron chi connectivity index (χ1n) is 13.5. The Labute approximate surface area is 200 Å². The molecule has 5 nitrogen and oxygen atoms in total. The van der Waals surface area contributed by atoms with E-state index in [4.69, 9.17) is 9.47 Å². The maximum absolute atomic E-state index is 12.3. The molecular formula is C28H45NO4. The Bertz CT molecular complexity index is 795. The van der Waals surface area contributed by atoms with Crippen LogP contribution in [0.15, 0.2) is 11.6 Å². The predicted molar refractivity (Wildman–Crippen MR) is 129 cm³/mol. The molecule has 5 rings (SSSR count). The van der Waals surface area contributed by atoms with Gasteiger partial charge in [-0.05, 0) is 120 Å². The zero-order valence-corrected chi connectivity index (χ0v) is 21.3. The first-order chi connectivity index (χ1) is 15.7. The molecular weight excluding hydrogens is 414 g/mol. The summed E-state index contributed by atoms with van der Waals surface area (Å²) in [5.41, 5.74) is 0.710. The van der Waals surface area contributed by atoms with E-state index in [2.05, 4.69) is 32.8 Å². The molecule has 0 aromatic heterocycles. The van der Waals surface area contributed by atoms with Gasteiger partial charge in [-0.3, -0.25) is 0 Å². The molecule has 0 aromatic rings. The lowest BCUT2D eigenvalue weighted by atomic mass is 9.43. The number of hydrogen-bond acceptors (Lipinski definition) is 5. The van der Waals surface area contributed by atoms with Crippen LogP contribution >= 0.6 is 0 Å². The minimum absolute atomic E-state index is 0.135. The number of hydrogen-bond donors (Lipinski definition) is 1. The fourth-order valence-corrected chi connectivity index (χ4v) is 9.15. The van der Waals surface area contributed by atoms with Crippen LogP contribution in [0.1, 0.15) is 78.1 Å². The summed E-state index contributed by atoms with van der Waals surface area (Å²) < 4.78 is 11.6. The number of carbonyl (C=O) groups excluding carboxylic acids is 1. The van der Waals surface area contributed by atoms with Gasteiger partial charge in [0.25, 0.3) is 0 Å². The number of ether oxygens (including phenoxy) is 2. The fourth-order valence-electron chi connectivity index (χ4n) is 9.15. The SMILES string of the molecule is CN(C)CCCO[C@H]1CC[C@@]2(C)[C@H](CC[C@@H]3[C@@H]2CC[C@]2(C)[C@@H](C4=CC(=O)OC4)CC[C@]32O)C1. The predicted octanol–water partition coefficient (Wildman–Crippen LogP) is 4.58. The standard InChI is InChI=1S/C28H45NO4/c1-26-11-8-21(32-15-5-14-29(3)4)17-20(26)6-7-24-23(26)9-12-27(2)22(10-13-28(24,27)31)19-16-25(30)33-18-19/h16,20-24,31H,5-15,17-18H2,1-4H3/t20-,21+,22-,23+,24-,26+,27-,28+/m1/s1. The van der Waals surface area contributed by atoms with Gasteiger partial charge in [-0.25, -0.2) is 4.79 Å². The number of nitrogens with zero attached hydrogens (tertiary/aromatic N) is 1. The Morgan fingerprint density at radius 2 is 1.91 bits per heavy atom. The lowest BCUT2D eigenvalue weighted by molar-refractivity contribution is -0.209. The highest BCUT2D eigenvalue weighted by atomic mass is 16.5. The number of cyclic esters (lactones) is 1. The van der Waals surface area contributed by atoms with Gasteiger partial charge in [0, 0.05) is 18.1 Å². The molecule has 33 heavy (non-hydrogen) atoms. The highest BCUT2D eigenvalue weighted by Gasteiger charge is 2.67. The van der Waals surface area contributed by atoms with Crippen LogP contribution in [-0.4, -0.2) is 61.5 Å². The van der Waals surface area contributed by atoms with Crippen LogP contribution in [-0.2, 0) is 14.3 Å². The number of esters is 1. The largest absolute Gasteiger partial charge is 0.458 e. The fraction of sp³-hybridized carbons (Fsp3) is 0.893. The van der Waals surface area contributed by atoms with Gasteiger partial charge in [-0.2, -0.15) is 0 Å². The van der Waals surface area contributed by atoms with Gasteiger partial charge in [0.15, 0.2) is 0 Å². The minimum Gasteiger partial charge on any atom is -0.458 e. The summed E-state index contributed by atoms with van der Waals surface area (Å²) in [5.74, 6) is 1.80. The highest BCUT2D eigenvalue weighted by Crippen LogP contribution is 2.70. The number of aliphatic hydroxyl groups is 1. The normalized spacial score (nSPS) is 47.0. The van der Waals surface area contributed by atoms with E-state index in [1.807, 2.05) is 0 Å². The molecule has 8 atom stereocenters. The molecule has 4 saturated carbocycles. The molecule has 0 bridgehead atoms. The Morgan fingerprint density at radius 3 is 2.64 bits per heavy atom. The zero-order valence-electron chi connectivity index (χ0n) is 21.3. The van der Waals surface area contributed by atoms with E-state index in [1.54, 1.807) is 6.08 Å². The van der Waals surface area contributed by atoms with Crippen molar-refractivity contribution in [3.63, 3.8) is 0 Å². The molecule has 1 heterocycles. The van der Waals surface area contributed by atoms with Crippen LogP contribution in [0.3, 0.4) is 0 Å². The Morgan fingerprint density at radius 1 is 1.09 bits per heavy atom. The third kappa shape index (κ3) is 3.81. The maximum Gasteiger partial charge on any atom is 0.331 e. The molecule has 0 aromatic carbocycles. The van der Waals surface area contributed by atoms with Gasteiger partial charge in [-0.15, -0.1) is 0 Å². The summed E-state index contributed by atoms with van der Waals surface area (Å²) in [7, 11) is 4.25. The van der Waals surface area contributed by atoms with Crippen molar-refractivity contribution in [1.82, 2.24) is 4.90 Å². The topological polar surface area (TPSA) is 59.0 Å². The van der Waals surface area contributed by atoms with Crippen LogP contribution in [0.25, 0.3) is 0 Å². The molecule has 1 N–H and O–H groups in total. The highest BCUT2D eigenvalue weighted by molar-refractivity contribution is 5.85. The van der Waals surface area contributed by atoms with Gasteiger partial charge in [-0.1, -0.05) is 13.8 Å². The minimum atomic E-state index is -0.611. The molecule has 186 valence electrons. The molecule has 4 aliphatic carbocycles. The second kappa shape index (κ2) is 8.64. The van der Waals surface area contributed by atoms with Crippen LogP contribution in [0.5, 0.6) is 0 Å². The van der Waals surface area contributed by atoms with E-state index in [-0.39, 0.29) is 17.3 Å². The summed E-state index contributed by atoms with van der Waals surface area (Å²) in [6, 6.07) is 0. The number of fused-ring (bicyclic) bond motifs is 5. The van der Waals surface area contributed by atoms with Crippen molar-refractivity contribution in [2.75, 3.05) is 33.9 Å². The molecule has 0 spiro atoms. The van der Waals surface area contributed by atoms with Crippen LogP contribution < -0.4 is 0 Å². The van der Waals surface area contributed by atoms with E-state index in [0.717, 1.165) is 56.7 Å². The van der Waals surface area contributed by atoms with E-state index < -0.39 is 5.60 Å². The lowest BCUT2D eigenvalue weighted by Gasteiger charge is -2.63. The Kier molecular flexibility index (Phi) is 6.23. The third-order valence-electron chi connectivity index (χ3n) is 11.0. The summed E-state index contributed by atoms with van der Waals surface area (Å²) in [4.78, 5) is 14.0. The smallest absolute Gasteiger partial charge is 0.331 e. The lowest BCUT2D eigenvalue weighted by Crippen LogP contribution is -2.62. The Hall–Kier alpha value is -0.910. The monoisotopic (exact) mass is 459 g/mol. The third-order valence-corrected chi connectivity index (χ3v) is 11.0. The van der Waals surface area contributed by atoms with Crippen molar-refractivity contribution in [3.8, 4) is 0 Å².